The van der Waals surface area contributed by atoms with Crippen molar-refractivity contribution in [3.05, 3.63) is 34.9 Å². The van der Waals surface area contributed by atoms with Gasteiger partial charge in [-0.1, -0.05) is 52.0 Å². The Balaban J connectivity index is 0.000000581. The Kier molecular flexibility index (Phi) is 7.87. The van der Waals surface area contributed by atoms with Crippen molar-refractivity contribution in [1.29, 1.82) is 0 Å². The maximum atomic E-state index is 5.65. The number of furan rings is 1. The van der Waals surface area contributed by atoms with E-state index in [2.05, 4.69) is 12.1 Å². The predicted octanol–water partition coefficient (Wildman–Crippen LogP) is 4.09. The topological polar surface area (TPSA) is 13.1 Å². The normalized spacial score (nSPS) is 11.6. The zero-order valence-corrected chi connectivity index (χ0v) is 11.9. The summed E-state index contributed by atoms with van der Waals surface area (Å²) in [6, 6.07) is 8.10. The van der Waals surface area contributed by atoms with E-state index >= 15 is 0 Å². The fourth-order valence-corrected chi connectivity index (χ4v) is 1.60. The monoisotopic (exact) mass is 232 g/mol. The fourth-order valence-electron chi connectivity index (χ4n) is 1.60. The first kappa shape index (κ1) is 15.5. The number of fused-ring (bicyclic) bond motifs is 1. The van der Waals surface area contributed by atoms with Crippen molar-refractivity contribution in [3.63, 3.8) is 0 Å². The molecule has 0 fully saturated rings. The molecule has 0 saturated heterocycles. The van der Waals surface area contributed by atoms with Crippen LogP contribution in [0.25, 0.3) is 23.1 Å². The highest BCUT2D eigenvalue weighted by Crippen LogP contribution is 2.06. The Labute approximate surface area is 104 Å². The third kappa shape index (κ3) is 3.48. The summed E-state index contributed by atoms with van der Waals surface area (Å²) in [4.78, 5) is 0. The Hall–Kier alpha value is -1.50. The number of benzene rings is 1. The second-order valence-electron chi connectivity index (χ2n) is 2.95. The van der Waals surface area contributed by atoms with Crippen LogP contribution in [0.4, 0.5) is 0 Å². The summed E-state index contributed by atoms with van der Waals surface area (Å²) in [5, 5.41) is 2.39. The van der Waals surface area contributed by atoms with Crippen LogP contribution in [0.2, 0.25) is 0 Å². The van der Waals surface area contributed by atoms with Crippen molar-refractivity contribution < 1.29 is 4.42 Å². The van der Waals surface area contributed by atoms with Gasteiger partial charge in [-0.3, -0.25) is 0 Å². The van der Waals surface area contributed by atoms with E-state index < -0.39 is 0 Å². The standard InChI is InChI=1S/C12H12O.2C2H6/c1-3-9-10-7-5-6-8-12(10)13-11(9)4-2;2*1-2/h3-8H,1-2H3;2*1-2H3/b9-3-,11-4+;;. The lowest BCUT2D eigenvalue weighted by Crippen LogP contribution is -2.18. The van der Waals surface area contributed by atoms with Gasteiger partial charge in [0, 0.05) is 10.6 Å². The zero-order chi connectivity index (χ0) is 13.3. The molecule has 2 rings (SSSR count). The lowest BCUT2D eigenvalue weighted by atomic mass is 10.2. The lowest BCUT2D eigenvalue weighted by Gasteiger charge is -1.82. The van der Waals surface area contributed by atoms with Crippen molar-refractivity contribution in [2.75, 3.05) is 0 Å². The highest BCUT2D eigenvalue weighted by atomic mass is 16.3. The van der Waals surface area contributed by atoms with Crippen LogP contribution in [0.5, 0.6) is 0 Å². The number of rotatable bonds is 0. The average molecular weight is 232 g/mol. The quantitative estimate of drug-likeness (QED) is 0.667. The molecule has 0 unspecified atom stereocenters. The first-order chi connectivity index (χ1) is 8.36. The van der Waals surface area contributed by atoms with Gasteiger partial charge in [0.25, 0.3) is 0 Å². The van der Waals surface area contributed by atoms with Gasteiger partial charge >= 0.3 is 0 Å². The SMILES string of the molecule is C/C=c1\c(=C/C)oc2ccccc12.CC.CC. The van der Waals surface area contributed by atoms with Gasteiger partial charge in [0.2, 0.25) is 0 Å². The van der Waals surface area contributed by atoms with E-state index in [0.717, 1.165) is 11.0 Å². The van der Waals surface area contributed by atoms with Gasteiger partial charge in [-0.15, -0.1) is 0 Å². The molecule has 17 heavy (non-hydrogen) atoms. The minimum Gasteiger partial charge on any atom is -0.456 e. The molecule has 1 heteroatoms. The lowest BCUT2D eigenvalue weighted by molar-refractivity contribution is 0.575. The molecule has 0 bridgehead atoms. The van der Waals surface area contributed by atoms with Gasteiger partial charge in [0.15, 0.2) is 0 Å². The maximum absolute atomic E-state index is 5.65. The molecule has 0 aliphatic heterocycles. The second-order valence-corrected chi connectivity index (χ2v) is 2.95. The number of para-hydroxylation sites is 1. The molecule has 0 saturated carbocycles. The first-order valence-corrected chi connectivity index (χ1v) is 6.47. The Bertz CT molecular complexity index is 532. The van der Waals surface area contributed by atoms with Gasteiger partial charge in [0.05, 0.1) is 0 Å². The van der Waals surface area contributed by atoms with Gasteiger partial charge < -0.3 is 4.42 Å². The molecule has 1 aromatic carbocycles. The molecule has 0 aliphatic carbocycles. The van der Waals surface area contributed by atoms with Crippen molar-refractivity contribution in [1.82, 2.24) is 0 Å². The molecule has 2 aromatic rings. The van der Waals surface area contributed by atoms with Gasteiger partial charge in [-0.25, -0.2) is 0 Å². The van der Waals surface area contributed by atoms with Crippen LogP contribution in [0.1, 0.15) is 41.5 Å². The van der Waals surface area contributed by atoms with Crippen molar-refractivity contribution >= 4 is 23.1 Å². The van der Waals surface area contributed by atoms with E-state index in [1.165, 1.54) is 10.6 Å². The predicted molar refractivity (Wildman–Crippen MR) is 78.4 cm³/mol. The molecular weight excluding hydrogens is 208 g/mol. The molecule has 1 aromatic heterocycles. The van der Waals surface area contributed by atoms with Crippen molar-refractivity contribution in [2.45, 2.75) is 41.5 Å². The molecular formula is C16H24O. The molecule has 0 aliphatic rings. The van der Waals surface area contributed by atoms with Crippen LogP contribution in [-0.4, -0.2) is 0 Å². The van der Waals surface area contributed by atoms with Crippen LogP contribution in [-0.2, 0) is 0 Å². The molecule has 1 nitrogen and oxygen atoms in total. The Morgan fingerprint density at radius 3 is 2.00 bits per heavy atom. The molecule has 0 radical (unpaired) electrons. The molecule has 0 atom stereocenters. The Morgan fingerprint density at radius 1 is 0.882 bits per heavy atom. The third-order valence-corrected chi connectivity index (χ3v) is 2.21. The highest BCUT2D eigenvalue weighted by Gasteiger charge is 1.98. The molecule has 0 spiro atoms. The second kappa shape index (κ2) is 8.63. The van der Waals surface area contributed by atoms with Gasteiger partial charge in [-0.05, 0) is 26.0 Å². The summed E-state index contributed by atoms with van der Waals surface area (Å²) in [5.74, 6) is 0. The van der Waals surface area contributed by atoms with E-state index in [4.69, 9.17) is 4.42 Å². The van der Waals surface area contributed by atoms with E-state index in [1.54, 1.807) is 0 Å². The minimum absolute atomic E-state index is 0.962. The largest absolute Gasteiger partial charge is 0.456 e. The Morgan fingerprint density at radius 2 is 1.47 bits per heavy atom. The van der Waals surface area contributed by atoms with Crippen LogP contribution in [0.15, 0.2) is 28.7 Å². The zero-order valence-electron chi connectivity index (χ0n) is 11.9. The molecule has 0 N–H and O–H groups in total. The average Bonchev–Trinajstić information content (AvgIpc) is 2.80. The van der Waals surface area contributed by atoms with E-state index in [-0.39, 0.29) is 0 Å². The van der Waals surface area contributed by atoms with Crippen LogP contribution in [0.3, 0.4) is 0 Å². The third-order valence-electron chi connectivity index (χ3n) is 2.21. The summed E-state index contributed by atoms with van der Waals surface area (Å²) < 4.78 is 5.65. The van der Waals surface area contributed by atoms with Crippen molar-refractivity contribution in [2.24, 2.45) is 0 Å². The van der Waals surface area contributed by atoms with Crippen LogP contribution < -0.4 is 10.6 Å². The molecule has 94 valence electrons. The summed E-state index contributed by atoms with van der Waals surface area (Å²) in [6.45, 7) is 12.0. The summed E-state index contributed by atoms with van der Waals surface area (Å²) in [6.07, 6.45) is 4.08. The van der Waals surface area contributed by atoms with Gasteiger partial charge in [-0.2, -0.15) is 0 Å². The van der Waals surface area contributed by atoms with Crippen LogP contribution >= 0.6 is 0 Å². The maximum Gasteiger partial charge on any atom is 0.135 e. The van der Waals surface area contributed by atoms with Crippen molar-refractivity contribution in [3.8, 4) is 0 Å². The minimum atomic E-state index is 0.962. The van der Waals surface area contributed by atoms with E-state index in [9.17, 15) is 0 Å². The summed E-state index contributed by atoms with van der Waals surface area (Å²) in [7, 11) is 0. The number of hydrogen-bond donors (Lipinski definition) is 0. The fraction of sp³-hybridized carbons (Fsp3) is 0.375. The molecule has 1 heterocycles. The van der Waals surface area contributed by atoms with Crippen LogP contribution in [0, 0.1) is 0 Å². The summed E-state index contributed by atoms with van der Waals surface area (Å²) in [5.41, 5.74) is 1.92. The first-order valence-electron chi connectivity index (χ1n) is 6.47. The highest BCUT2D eigenvalue weighted by molar-refractivity contribution is 5.78. The number of hydrogen-bond acceptors (Lipinski definition) is 1. The van der Waals surface area contributed by atoms with Gasteiger partial charge in [0.1, 0.15) is 11.0 Å². The smallest absolute Gasteiger partial charge is 0.135 e. The molecule has 0 amide bonds. The van der Waals surface area contributed by atoms with E-state index in [0.29, 0.717) is 0 Å². The van der Waals surface area contributed by atoms with E-state index in [1.807, 2.05) is 65.8 Å². The summed E-state index contributed by atoms with van der Waals surface area (Å²) >= 11 is 0.